The maximum atomic E-state index is 12.6. The molecule has 0 radical (unpaired) electrons. The van der Waals surface area contributed by atoms with Gasteiger partial charge in [0.1, 0.15) is 5.82 Å². The summed E-state index contributed by atoms with van der Waals surface area (Å²) in [4.78, 5) is 0.118. The minimum absolute atomic E-state index is 0.0875. The van der Waals surface area contributed by atoms with Crippen LogP contribution in [-0.4, -0.2) is 8.42 Å². The first-order valence-electron chi connectivity index (χ1n) is 3.77. The Morgan fingerprint density at radius 1 is 1.25 bits per heavy atom. The highest BCUT2D eigenvalue weighted by Crippen LogP contribution is 2.34. The van der Waals surface area contributed by atoms with E-state index < -0.39 is 32.5 Å². The van der Waals surface area contributed by atoms with Crippen molar-refractivity contribution < 1.29 is 26.0 Å². The first-order valence-corrected chi connectivity index (χ1v) is 5.26. The third kappa shape index (κ3) is 2.49. The van der Waals surface area contributed by atoms with Gasteiger partial charge >= 0.3 is 6.18 Å². The summed E-state index contributed by atoms with van der Waals surface area (Å²) in [5.41, 5.74) is -1.61. The Labute approximate surface area is 88.1 Å². The maximum absolute atomic E-state index is 12.6. The third-order valence-corrected chi connectivity index (χ3v) is 2.94. The van der Waals surface area contributed by atoms with Crippen LogP contribution in [0.3, 0.4) is 0 Å². The van der Waals surface area contributed by atoms with E-state index in [0.717, 1.165) is 0 Å². The third-order valence-electron chi connectivity index (χ3n) is 1.69. The highest BCUT2D eigenvalue weighted by atomic mass is 32.2. The van der Waals surface area contributed by atoms with Gasteiger partial charge in [0.2, 0.25) is 0 Å². The van der Waals surface area contributed by atoms with Crippen LogP contribution in [-0.2, 0) is 16.2 Å². The number of nitrogens with one attached hydrogen (secondary N) is 1. The molecule has 1 aromatic rings. The van der Waals surface area contributed by atoms with Gasteiger partial charge in [-0.05, 0) is 18.2 Å². The van der Waals surface area contributed by atoms with E-state index in [2.05, 4.69) is 5.84 Å². The van der Waals surface area contributed by atoms with Crippen molar-refractivity contribution in [3.05, 3.63) is 29.6 Å². The molecule has 4 nitrogen and oxygen atoms in total. The Hall–Kier alpha value is -1.19. The monoisotopic (exact) mass is 258 g/mol. The summed E-state index contributed by atoms with van der Waals surface area (Å²) in [6, 6.07) is 1.18. The predicted octanol–water partition coefficient (Wildman–Crippen LogP) is 0.997. The minimum atomic E-state index is -4.98. The van der Waals surface area contributed by atoms with Crippen molar-refractivity contribution in [3.63, 3.8) is 0 Å². The average molecular weight is 258 g/mol. The summed E-state index contributed by atoms with van der Waals surface area (Å²) in [7, 11) is -4.49. The Morgan fingerprint density at radius 3 is 2.25 bits per heavy atom. The quantitative estimate of drug-likeness (QED) is 0.472. The van der Waals surface area contributed by atoms with Crippen molar-refractivity contribution in [2.75, 3.05) is 0 Å². The van der Waals surface area contributed by atoms with Crippen LogP contribution in [0, 0.1) is 5.82 Å². The molecule has 3 N–H and O–H groups in total. The Balaban J connectivity index is 3.53. The smallest absolute Gasteiger partial charge is 0.257 e. The van der Waals surface area contributed by atoms with Gasteiger partial charge in [-0.2, -0.15) is 18.0 Å². The van der Waals surface area contributed by atoms with Gasteiger partial charge in [-0.1, -0.05) is 0 Å². The van der Waals surface area contributed by atoms with Crippen LogP contribution in [0.2, 0.25) is 0 Å². The molecule has 9 heteroatoms. The van der Waals surface area contributed by atoms with Crippen LogP contribution in [0.15, 0.2) is 23.1 Å². The minimum Gasteiger partial charge on any atom is -0.257 e. The number of benzene rings is 1. The van der Waals surface area contributed by atoms with Crippen LogP contribution >= 0.6 is 0 Å². The first-order chi connectivity index (χ1) is 7.18. The number of hydrogen-bond donors (Lipinski definition) is 2. The lowest BCUT2D eigenvalue weighted by Crippen LogP contribution is -2.32. The summed E-state index contributed by atoms with van der Waals surface area (Å²) in [6.07, 6.45) is -4.98. The van der Waals surface area contributed by atoms with Gasteiger partial charge in [0.15, 0.2) is 0 Å². The molecule has 0 unspecified atom stereocenters. The summed E-state index contributed by atoms with van der Waals surface area (Å²) < 4.78 is 72.1. The zero-order chi connectivity index (χ0) is 12.6. The van der Waals surface area contributed by atoms with E-state index in [1.165, 1.54) is 4.83 Å². The fourth-order valence-electron chi connectivity index (χ4n) is 1.02. The standard InChI is InChI=1S/C7H6F4N2O2S/c8-4-1-2-6(16(14,15)13-12)5(3-4)7(9,10)11/h1-3,13H,12H2. The van der Waals surface area contributed by atoms with Gasteiger partial charge in [-0.3, -0.25) is 5.84 Å². The first kappa shape index (κ1) is 12.9. The Kier molecular flexibility index (Phi) is 3.22. The highest BCUT2D eigenvalue weighted by molar-refractivity contribution is 7.89. The lowest BCUT2D eigenvalue weighted by Gasteiger charge is -2.12. The van der Waals surface area contributed by atoms with E-state index in [4.69, 9.17) is 0 Å². The number of rotatable bonds is 2. The van der Waals surface area contributed by atoms with E-state index in [0.29, 0.717) is 12.1 Å². The van der Waals surface area contributed by atoms with Gasteiger partial charge in [-0.25, -0.2) is 12.8 Å². The summed E-state index contributed by atoms with van der Waals surface area (Å²) in [6.45, 7) is 0. The van der Waals surface area contributed by atoms with Crippen LogP contribution in [0.4, 0.5) is 17.6 Å². The number of nitrogens with two attached hydrogens (primary N) is 1. The van der Waals surface area contributed by atoms with E-state index in [1.54, 1.807) is 0 Å². The molecule has 0 atom stereocenters. The number of halogens is 4. The molecule has 90 valence electrons. The second kappa shape index (κ2) is 4.00. The van der Waals surface area contributed by atoms with Crippen molar-refractivity contribution in [3.8, 4) is 0 Å². The number of alkyl halides is 3. The van der Waals surface area contributed by atoms with Gasteiger partial charge < -0.3 is 0 Å². The Bertz CT molecular complexity index is 498. The van der Waals surface area contributed by atoms with Crippen molar-refractivity contribution in [2.24, 2.45) is 5.84 Å². The number of sulfonamides is 1. The molecule has 0 aliphatic carbocycles. The van der Waals surface area contributed by atoms with Crippen LogP contribution in [0.1, 0.15) is 5.56 Å². The fraction of sp³-hybridized carbons (Fsp3) is 0.143. The van der Waals surface area contributed by atoms with Crippen molar-refractivity contribution in [1.82, 2.24) is 4.83 Å². The van der Waals surface area contributed by atoms with Crippen LogP contribution in [0.5, 0.6) is 0 Å². The average Bonchev–Trinajstić information content (AvgIpc) is 2.16. The van der Waals surface area contributed by atoms with E-state index in [1.807, 2.05) is 0 Å². The van der Waals surface area contributed by atoms with Crippen molar-refractivity contribution in [1.29, 1.82) is 0 Å². The fourth-order valence-corrected chi connectivity index (χ4v) is 1.86. The van der Waals surface area contributed by atoms with E-state index in [-0.39, 0.29) is 6.07 Å². The molecular formula is C7H6F4N2O2S. The van der Waals surface area contributed by atoms with Gasteiger partial charge in [0.25, 0.3) is 10.0 Å². The molecule has 0 saturated carbocycles. The van der Waals surface area contributed by atoms with E-state index >= 15 is 0 Å². The highest BCUT2D eigenvalue weighted by Gasteiger charge is 2.37. The molecule has 0 aliphatic heterocycles. The normalized spacial score (nSPS) is 12.8. The number of hydrogen-bond acceptors (Lipinski definition) is 3. The molecule has 0 saturated heterocycles. The zero-order valence-electron chi connectivity index (χ0n) is 7.55. The molecule has 0 bridgehead atoms. The second-order valence-corrected chi connectivity index (χ2v) is 4.44. The van der Waals surface area contributed by atoms with Gasteiger partial charge in [0, 0.05) is 0 Å². The SMILES string of the molecule is NNS(=O)(=O)c1ccc(F)cc1C(F)(F)F. The molecular weight excluding hydrogens is 252 g/mol. The van der Waals surface area contributed by atoms with Gasteiger partial charge in [0.05, 0.1) is 10.5 Å². The molecule has 16 heavy (non-hydrogen) atoms. The number of hydrazine groups is 1. The van der Waals surface area contributed by atoms with E-state index in [9.17, 15) is 26.0 Å². The molecule has 0 spiro atoms. The molecule has 1 rings (SSSR count). The summed E-state index contributed by atoms with van der Waals surface area (Å²) in [5, 5.41) is 0. The zero-order valence-corrected chi connectivity index (χ0v) is 8.36. The lowest BCUT2D eigenvalue weighted by molar-refractivity contribution is -0.140. The largest absolute Gasteiger partial charge is 0.417 e. The summed E-state index contributed by atoms with van der Waals surface area (Å²) >= 11 is 0. The summed E-state index contributed by atoms with van der Waals surface area (Å²) in [5.74, 6) is 3.40. The van der Waals surface area contributed by atoms with Crippen LogP contribution in [0.25, 0.3) is 0 Å². The Morgan fingerprint density at radius 2 is 1.81 bits per heavy atom. The molecule has 0 amide bonds. The van der Waals surface area contributed by atoms with Crippen molar-refractivity contribution >= 4 is 10.0 Å². The molecule has 0 aromatic heterocycles. The van der Waals surface area contributed by atoms with Gasteiger partial charge in [-0.15, -0.1) is 0 Å². The molecule has 0 aliphatic rings. The molecule has 1 aromatic carbocycles. The topological polar surface area (TPSA) is 72.2 Å². The van der Waals surface area contributed by atoms with Crippen molar-refractivity contribution in [2.45, 2.75) is 11.1 Å². The molecule has 0 fully saturated rings. The van der Waals surface area contributed by atoms with Crippen LogP contribution < -0.4 is 10.7 Å². The lowest BCUT2D eigenvalue weighted by atomic mass is 10.2. The second-order valence-electron chi connectivity index (χ2n) is 2.76. The molecule has 0 heterocycles. The maximum Gasteiger partial charge on any atom is 0.417 e. The predicted molar refractivity (Wildman–Crippen MR) is 45.9 cm³/mol.